The van der Waals surface area contributed by atoms with Gasteiger partial charge in [-0.2, -0.15) is 0 Å². The molecule has 3 rings (SSSR count). The number of carbonyl (C=O) groups is 1. The van der Waals surface area contributed by atoms with Crippen molar-refractivity contribution in [2.24, 2.45) is 0 Å². The van der Waals surface area contributed by atoms with Gasteiger partial charge in [-0.1, -0.05) is 28.1 Å². The highest BCUT2D eigenvalue weighted by Crippen LogP contribution is 2.37. The topological polar surface area (TPSA) is 55.8 Å². The average molecular weight is 375 g/mol. The van der Waals surface area contributed by atoms with Crippen LogP contribution in [0.2, 0.25) is 0 Å². The van der Waals surface area contributed by atoms with Gasteiger partial charge in [0.25, 0.3) is 0 Å². The molecule has 2 aromatic carbocycles. The van der Waals surface area contributed by atoms with Crippen LogP contribution in [0.15, 0.2) is 40.4 Å². The number of fused-ring (bicyclic) bond motifs is 1. The van der Waals surface area contributed by atoms with Crippen molar-refractivity contribution in [1.29, 1.82) is 0 Å². The third kappa shape index (κ3) is 2.72. The molecule has 118 valence electrons. The number of ether oxygens (including phenoxy) is 2. The summed E-state index contributed by atoms with van der Waals surface area (Å²) in [5.41, 5.74) is 2.70. The van der Waals surface area contributed by atoms with E-state index < -0.39 is 0 Å². The maximum atomic E-state index is 12.5. The van der Waals surface area contributed by atoms with Gasteiger partial charge in [0.2, 0.25) is 0 Å². The Hall–Kier alpha value is -2.27. The first kappa shape index (κ1) is 15.6. The molecular weight excluding hydrogens is 360 g/mol. The van der Waals surface area contributed by atoms with Gasteiger partial charge in [0, 0.05) is 27.6 Å². The molecule has 1 N–H and O–H groups in total. The molecule has 0 unspecified atom stereocenters. The van der Waals surface area contributed by atoms with Crippen LogP contribution in [0.4, 0.5) is 0 Å². The Labute approximate surface area is 142 Å². The predicted octanol–water partition coefficient (Wildman–Crippen LogP) is 3.99. The molecule has 0 aliphatic heterocycles. The fourth-order valence-corrected chi connectivity index (χ4v) is 3.14. The van der Waals surface area contributed by atoms with Gasteiger partial charge in [-0.25, -0.2) is 0 Å². The minimum Gasteiger partial charge on any atom is -0.508 e. The summed E-state index contributed by atoms with van der Waals surface area (Å²) in [7, 11) is 3.14. The first-order valence-corrected chi connectivity index (χ1v) is 7.82. The van der Waals surface area contributed by atoms with E-state index in [2.05, 4.69) is 15.9 Å². The molecule has 23 heavy (non-hydrogen) atoms. The van der Waals surface area contributed by atoms with E-state index in [1.54, 1.807) is 38.5 Å². The normalized spacial score (nSPS) is 14.9. The van der Waals surface area contributed by atoms with Crippen LogP contribution in [0, 0.1) is 0 Å². The Bertz CT molecular complexity index is 824. The Morgan fingerprint density at radius 1 is 1.17 bits per heavy atom. The number of benzene rings is 2. The van der Waals surface area contributed by atoms with E-state index in [4.69, 9.17) is 9.47 Å². The van der Waals surface area contributed by atoms with Gasteiger partial charge < -0.3 is 14.6 Å². The number of Topliss-reactive ketones (excluding diaryl/α,β-unsaturated/α-hetero) is 1. The van der Waals surface area contributed by atoms with E-state index in [1.165, 1.54) is 0 Å². The molecule has 2 aromatic rings. The van der Waals surface area contributed by atoms with Crippen LogP contribution >= 0.6 is 15.9 Å². The first-order chi connectivity index (χ1) is 11.0. The Morgan fingerprint density at radius 2 is 1.87 bits per heavy atom. The number of phenolic OH excluding ortho intramolecular Hbond substituents is 1. The van der Waals surface area contributed by atoms with Crippen molar-refractivity contribution < 1.29 is 19.4 Å². The summed E-state index contributed by atoms with van der Waals surface area (Å²) in [6.45, 7) is 0. The number of phenols is 1. The van der Waals surface area contributed by atoms with Crippen LogP contribution < -0.4 is 9.47 Å². The standard InChI is InChI=1S/C18H15BrO4/c1-22-16-8-10(14(19)9-17(16)23-2)6-11-7-13-12(18(11)21)4-3-5-15(13)20/h3-6,8-9,20H,7H2,1-2H3. The molecule has 4 nitrogen and oxygen atoms in total. The minimum absolute atomic E-state index is 0.0578. The van der Waals surface area contributed by atoms with E-state index in [0.717, 1.165) is 10.0 Å². The zero-order valence-corrected chi connectivity index (χ0v) is 14.3. The Kier molecular flexibility index (Phi) is 4.13. The number of methoxy groups -OCH3 is 2. The summed E-state index contributed by atoms with van der Waals surface area (Å²) in [5, 5.41) is 9.91. The molecule has 0 heterocycles. The largest absolute Gasteiger partial charge is 0.508 e. The van der Waals surface area contributed by atoms with Gasteiger partial charge in [-0.05, 0) is 29.8 Å². The molecule has 0 atom stereocenters. The van der Waals surface area contributed by atoms with E-state index in [0.29, 0.717) is 34.6 Å². The summed E-state index contributed by atoms with van der Waals surface area (Å²) in [4.78, 5) is 12.5. The number of hydrogen-bond acceptors (Lipinski definition) is 4. The van der Waals surface area contributed by atoms with Gasteiger partial charge in [-0.3, -0.25) is 4.79 Å². The van der Waals surface area contributed by atoms with E-state index in [-0.39, 0.29) is 11.5 Å². The number of ketones is 1. The third-order valence-electron chi connectivity index (χ3n) is 3.89. The van der Waals surface area contributed by atoms with E-state index in [1.807, 2.05) is 12.1 Å². The van der Waals surface area contributed by atoms with Crippen molar-refractivity contribution in [3.63, 3.8) is 0 Å². The molecule has 0 spiro atoms. The number of carbonyl (C=O) groups excluding carboxylic acids is 1. The lowest BCUT2D eigenvalue weighted by Gasteiger charge is -2.10. The van der Waals surface area contributed by atoms with Gasteiger partial charge in [0.1, 0.15) is 5.75 Å². The van der Waals surface area contributed by atoms with E-state index in [9.17, 15) is 9.90 Å². The SMILES string of the molecule is COc1cc(Br)c(C=C2Cc3c(O)cccc3C2=O)cc1OC. The van der Waals surface area contributed by atoms with Crippen LogP contribution in [-0.4, -0.2) is 25.1 Å². The van der Waals surface area contributed by atoms with Crippen LogP contribution in [0.1, 0.15) is 21.5 Å². The van der Waals surface area contributed by atoms with Crippen molar-refractivity contribution >= 4 is 27.8 Å². The summed E-state index contributed by atoms with van der Waals surface area (Å²) in [6, 6.07) is 8.63. The lowest BCUT2D eigenvalue weighted by molar-refractivity contribution is 0.104. The molecule has 0 aromatic heterocycles. The number of hydrogen-bond donors (Lipinski definition) is 1. The second-order valence-electron chi connectivity index (χ2n) is 5.21. The van der Waals surface area contributed by atoms with Crippen molar-refractivity contribution in [1.82, 2.24) is 0 Å². The molecule has 5 heteroatoms. The molecular formula is C18H15BrO4. The van der Waals surface area contributed by atoms with Crippen LogP contribution in [-0.2, 0) is 6.42 Å². The molecule has 1 aliphatic rings. The lowest BCUT2D eigenvalue weighted by atomic mass is 10.1. The maximum absolute atomic E-state index is 12.5. The summed E-state index contributed by atoms with van der Waals surface area (Å²) in [6.07, 6.45) is 2.23. The third-order valence-corrected chi connectivity index (χ3v) is 4.57. The molecule has 0 radical (unpaired) electrons. The molecule has 0 bridgehead atoms. The van der Waals surface area contributed by atoms with Crippen molar-refractivity contribution in [3.8, 4) is 17.2 Å². The van der Waals surface area contributed by atoms with Crippen LogP contribution in [0.25, 0.3) is 6.08 Å². The highest BCUT2D eigenvalue weighted by molar-refractivity contribution is 9.10. The molecule has 0 amide bonds. The van der Waals surface area contributed by atoms with Crippen LogP contribution in [0.3, 0.4) is 0 Å². The maximum Gasteiger partial charge on any atom is 0.189 e. The molecule has 1 aliphatic carbocycles. The van der Waals surface area contributed by atoms with Gasteiger partial charge in [0.05, 0.1) is 14.2 Å². The minimum atomic E-state index is -0.0578. The number of halogens is 1. The van der Waals surface area contributed by atoms with Gasteiger partial charge in [-0.15, -0.1) is 0 Å². The molecule has 0 fully saturated rings. The lowest BCUT2D eigenvalue weighted by Crippen LogP contribution is -1.96. The summed E-state index contributed by atoms with van der Waals surface area (Å²) >= 11 is 3.49. The van der Waals surface area contributed by atoms with Gasteiger partial charge >= 0.3 is 0 Å². The predicted molar refractivity (Wildman–Crippen MR) is 91.4 cm³/mol. The van der Waals surface area contributed by atoms with Crippen molar-refractivity contribution in [2.75, 3.05) is 14.2 Å². The molecule has 0 saturated carbocycles. The highest BCUT2D eigenvalue weighted by atomic mass is 79.9. The zero-order chi connectivity index (χ0) is 16.6. The average Bonchev–Trinajstić information content (AvgIpc) is 2.87. The zero-order valence-electron chi connectivity index (χ0n) is 12.7. The Morgan fingerprint density at radius 3 is 2.52 bits per heavy atom. The number of allylic oxidation sites excluding steroid dienone is 1. The summed E-state index contributed by atoms with van der Waals surface area (Å²) < 4.78 is 11.4. The fraction of sp³-hybridized carbons (Fsp3) is 0.167. The van der Waals surface area contributed by atoms with Gasteiger partial charge in [0.15, 0.2) is 17.3 Å². The fourth-order valence-electron chi connectivity index (χ4n) is 2.70. The number of aromatic hydroxyl groups is 1. The highest BCUT2D eigenvalue weighted by Gasteiger charge is 2.27. The number of rotatable bonds is 3. The quantitative estimate of drug-likeness (QED) is 0.825. The monoisotopic (exact) mass is 374 g/mol. The summed E-state index contributed by atoms with van der Waals surface area (Å²) in [5.74, 6) is 1.30. The second kappa shape index (κ2) is 6.08. The Balaban J connectivity index is 2.04. The molecule has 0 saturated heterocycles. The van der Waals surface area contributed by atoms with Crippen molar-refractivity contribution in [2.45, 2.75) is 6.42 Å². The van der Waals surface area contributed by atoms with E-state index >= 15 is 0 Å². The van der Waals surface area contributed by atoms with Crippen molar-refractivity contribution in [3.05, 3.63) is 57.1 Å². The first-order valence-electron chi connectivity index (χ1n) is 7.02. The van der Waals surface area contributed by atoms with Crippen LogP contribution in [0.5, 0.6) is 17.2 Å². The second-order valence-corrected chi connectivity index (χ2v) is 6.06. The smallest absolute Gasteiger partial charge is 0.189 e.